The minimum atomic E-state index is -0.369. The number of hydrogen-bond acceptors (Lipinski definition) is 2. The summed E-state index contributed by atoms with van der Waals surface area (Å²) in [5.41, 5.74) is 2.01. The molecule has 3 nitrogen and oxygen atoms in total. The van der Waals surface area contributed by atoms with Gasteiger partial charge in [-0.2, -0.15) is 0 Å². The fraction of sp³-hybridized carbons (Fsp3) is 0.680. The Bertz CT molecular complexity index is 667. The fourth-order valence-electron chi connectivity index (χ4n) is 5.08. The molecule has 1 amide bonds. The van der Waals surface area contributed by atoms with Crippen LogP contribution in [0.15, 0.2) is 24.3 Å². The Morgan fingerprint density at radius 1 is 1.04 bits per heavy atom. The number of carbonyl (C=O) groups is 1. The molecule has 1 unspecified atom stereocenters. The second-order valence-corrected chi connectivity index (χ2v) is 11.7. The van der Waals surface area contributed by atoms with E-state index >= 15 is 0 Å². The number of rotatable bonds is 5. The zero-order chi connectivity index (χ0) is 21.2. The van der Waals surface area contributed by atoms with E-state index in [1.165, 1.54) is 5.56 Å². The first-order valence-electron chi connectivity index (χ1n) is 10.6. The first kappa shape index (κ1) is 22.8. The highest BCUT2D eigenvalue weighted by Gasteiger charge is 2.36. The van der Waals surface area contributed by atoms with Crippen molar-refractivity contribution >= 4 is 6.09 Å². The van der Waals surface area contributed by atoms with Crippen molar-refractivity contribution in [2.75, 3.05) is 6.54 Å². The largest absolute Gasteiger partial charge is 0.412 e. The molecule has 157 valence electrons. The molecule has 1 fully saturated rings. The molecule has 1 aliphatic rings. The molecule has 0 aromatic heterocycles. The summed E-state index contributed by atoms with van der Waals surface area (Å²) >= 11 is 0. The number of nitrogens with one attached hydrogen (secondary N) is 1. The summed E-state index contributed by atoms with van der Waals surface area (Å²) in [6.45, 7) is 18.8. The number of benzene rings is 1. The Balaban J connectivity index is 1.91. The molecule has 1 atom stereocenters. The molecule has 28 heavy (non-hydrogen) atoms. The molecule has 1 aromatic rings. The van der Waals surface area contributed by atoms with E-state index in [1.54, 1.807) is 0 Å². The summed E-state index contributed by atoms with van der Waals surface area (Å²) in [5, 5.41) is 2.97. The van der Waals surface area contributed by atoms with Crippen LogP contribution >= 0.6 is 0 Å². The first-order chi connectivity index (χ1) is 12.7. The molecule has 0 spiro atoms. The van der Waals surface area contributed by atoms with Crippen molar-refractivity contribution in [2.24, 2.45) is 16.2 Å². The van der Waals surface area contributed by atoms with Gasteiger partial charge in [0.25, 0.3) is 0 Å². The number of amides is 1. The summed E-state index contributed by atoms with van der Waals surface area (Å²) in [7, 11) is 0. The average molecular weight is 387 g/mol. The summed E-state index contributed by atoms with van der Waals surface area (Å²) in [6, 6.07) is 7.96. The van der Waals surface area contributed by atoms with Crippen molar-refractivity contribution in [1.82, 2.24) is 5.32 Å². The van der Waals surface area contributed by atoms with Crippen molar-refractivity contribution < 1.29 is 9.53 Å². The van der Waals surface area contributed by atoms with Crippen LogP contribution in [0, 0.1) is 22.7 Å². The molecule has 1 N–H and O–H groups in total. The van der Waals surface area contributed by atoms with Gasteiger partial charge in [-0.05, 0) is 71.5 Å². The van der Waals surface area contributed by atoms with Gasteiger partial charge in [0.2, 0.25) is 0 Å². The van der Waals surface area contributed by atoms with Gasteiger partial charge in [0, 0.05) is 6.54 Å². The van der Waals surface area contributed by atoms with E-state index in [4.69, 9.17) is 4.74 Å². The van der Waals surface area contributed by atoms with Gasteiger partial charge in [0.05, 0.1) is 0 Å². The van der Waals surface area contributed by atoms with Crippen LogP contribution in [0.5, 0.6) is 5.75 Å². The molecule has 1 saturated carbocycles. The van der Waals surface area contributed by atoms with Crippen LogP contribution in [0.2, 0.25) is 0 Å². The van der Waals surface area contributed by atoms with Crippen molar-refractivity contribution in [3.63, 3.8) is 0 Å². The van der Waals surface area contributed by atoms with E-state index in [2.05, 4.69) is 79.3 Å². The lowest BCUT2D eigenvalue weighted by atomic mass is 9.64. The highest BCUT2D eigenvalue weighted by Crippen LogP contribution is 2.45. The van der Waals surface area contributed by atoms with E-state index in [-0.39, 0.29) is 22.3 Å². The first-order valence-corrected chi connectivity index (χ1v) is 10.6. The van der Waals surface area contributed by atoms with Gasteiger partial charge in [-0.25, -0.2) is 4.79 Å². The Morgan fingerprint density at radius 2 is 1.64 bits per heavy atom. The molecular formula is C25H40NO2. The lowest BCUT2D eigenvalue weighted by Crippen LogP contribution is -2.42. The second kappa shape index (κ2) is 8.08. The predicted octanol–water partition coefficient (Wildman–Crippen LogP) is 6.91. The van der Waals surface area contributed by atoms with Gasteiger partial charge in [-0.3, -0.25) is 0 Å². The van der Waals surface area contributed by atoms with Crippen LogP contribution in [0.3, 0.4) is 0 Å². The third-order valence-electron chi connectivity index (χ3n) is 5.72. The quantitative estimate of drug-likeness (QED) is 0.597. The van der Waals surface area contributed by atoms with Gasteiger partial charge >= 0.3 is 6.09 Å². The van der Waals surface area contributed by atoms with Crippen LogP contribution < -0.4 is 10.1 Å². The molecule has 0 aliphatic heterocycles. The molecular weight excluding hydrogens is 346 g/mol. The molecule has 1 aliphatic carbocycles. The molecule has 3 heteroatoms. The molecule has 0 bridgehead atoms. The van der Waals surface area contributed by atoms with Gasteiger partial charge in [0.1, 0.15) is 5.75 Å². The molecule has 2 rings (SSSR count). The highest BCUT2D eigenvalue weighted by molar-refractivity contribution is 5.70. The Labute approximate surface area is 172 Å². The van der Waals surface area contributed by atoms with Crippen molar-refractivity contribution in [1.29, 1.82) is 0 Å². The van der Waals surface area contributed by atoms with Crippen LogP contribution in [-0.2, 0) is 5.41 Å². The molecule has 1 radical (unpaired) electrons. The molecule has 0 saturated heterocycles. The lowest BCUT2D eigenvalue weighted by Gasteiger charge is -2.42. The van der Waals surface area contributed by atoms with Crippen LogP contribution in [0.25, 0.3) is 0 Å². The maximum Gasteiger partial charge on any atom is 0.412 e. The Hall–Kier alpha value is -1.51. The highest BCUT2D eigenvalue weighted by atomic mass is 16.6. The van der Waals surface area contributed by atoms with Crippen molar-refractivity contribution in [3.8, 4) is 5.75 Å². The summed E-state index contributed by atoms with van der Waals surface area (Å²) in [6.07, 6.45) is 6.36. The number of ether oxygens (including phenoxy) is 1. The monoisotopic (exact) mass is 386 g/mol. The maximum absolute atomic E-state index is 12.3. The third-order valence-corrected chi connectivity index (χ3v) is 5.72. The van der Waals surface area contributed by atoms with E-state index in [1.807, 2.05) is 12.1 Å². The van der Waals surface area contributed by atoms with Gasteiger partial charge in [-0.15, -0.1) is 0 Å². The minimum Gasteiger partial charge on any atom is -0.410 e. The van der Waals surface area contributed by atoms with Crippen LogP contribution in [0.1, 0.15) is 86.6 Å². The second-order valence-electron chi connectivity index (χ2n) is 11.7. The summed E-state index contributed by atoms with van der Waals surface area (Å²) < 4.78 is 5.51. The molecule has 0 heterocycles. The standard InChI is InChI=1S/C25H40NO2/c1-22(2,3)16-24(6,7)19-10-12-20(13-11-19)28-21(27)26-18-25(8)15-9-14-23(4,5)17-25/h9-13H,14-18H2,1-8H3,(H,26,27). The van der Waals surface area contributed by atoms with Crippen LogP contribution in [0.4, 0.5) is 4.79 Å². The van der Waals surface area contributed by atoms with E-state index in [9.17, 15) is 4.79 Å². The van der Waals surface area contributed by atoms with Crippen molar-refractivity contribution in [3.05, 3.63) is 36.2 Å². The minimum absolute atomic E-state index is 0.0813. The topological polar surface area (TPSA) is 38.3 Å². The summed E-state index contributed by atoms with van der Waals surface area (Å²) in [5.74, 6) is 0.591. The van der Waals surface area contributed by atoms with E-state index in [0.717, 1.165) is 25.7 Å². The average Bonchev–Trinajstić information content (AvgIpc) is 2.50. The van der Waals surface area contributed by atoms with Gasteiger partial charge in [0.15, 0.2) is 0 Å². The fourth-order valence-corrected chi connectivity index (χ4v) is 5.08. The van der Waals surface area contributed by atoms with Crippen LogP contribution in [-0.4, -0.2) is 12.6 Å². The zero-order valence-corrected chi connectivity index (χ0v) is 19.2. The normalized spacial score (nSPS) is 22.6. The van der Waals surface area contributed by atoms with E-state index in [0.29, 0.717) is 17.7 Å². The predicted molar refractivity (Wildman–Crippen MR) is 118 cm³/mol. The SMILES string of the molecule is CC(C)(C)CC(C)(C)c1ccc(OC(=O)NCC2(C)C[CH]CC(C)(C)C2)cc1. The van der Waals surface area contributed by atoms with E-state index < -0.39 is 0 Å². The van der Waals surface area contributed by atoms with Crippen molar-refractivity contribution in [2.45, 2.75) is 86.5 Å². The Kier molecular flexibility index (Phi) is 6.57. The van der Waals surface area contributed by atoms with Gasteiger partial charge in [-0.1, -0.05) is 67.5 Å². The number of carbonyl (C=O) groups excluding carboxylic acids is 1. The smallest absolute Gasteiger partial charge is 0.410 e. The lowest BCUT2D eigenvalue weighted by molar-refractivity contribution is 0.126. The maximum atomic E-state index is 12.3. The molecule has 1 aromatic carbocycles. The number of hydrogen-bond donors (Lipinski definition) is 1. The zero-order valence-electron chi connectivity index (χ0n) is 19.2. The Morgan fingerprint density at radius 3 is 2.18 bits per heavy atom. The summed E-state index contributed by atoms with van der Waals surface area (Å²) in [4.78, 5) is 12.3. The van der Waals surface area contributed by atoms with Gasteiger partial charge < -0.3 is 10.1 Å². The third kappa shape index (κ3) is 6.83.